The number of ether oxygens (including phenoxy) is 3. The standard InChI is InChI=1S/C24H25NO4/c1-14-13-24(2,3)25-16-10-9-15-22-17(27-4)7-6-8-18(22)29-19(23(15)21(14)16)11-12-20(26)28-5/h6-13,19,25H,1-5H3. The third-order valence-electron chi connectivity index (χ3n) is 5.30. The van der Waals surface area contributed by atoms with Gasteiger partial charge in [-0.05, 0) is 56.2 Å². The van der Waals surface area contributed by atoms with E-state index < -0.39 is 12.1 Å². The third kappa shape index (κ3) is 3.27. The van der Waals surface area contributed by atoms with Crippen molar-refractivity contribution in [3.05, 3.63) is 59.7 Å². The van der Waals surface area contributed by atoms with Crippen molar-refractivity contribution in [3.8, 4) is 22.6 Å². The van der Waals surface area contributed by atoms with E-state index in [-0.39, 0.29) is 5.54 Å². The fourth-order valence-electron chi connectivity index (χ4n) is 4.27. The van der Waals surface area contributed by atoms with Crippen LogP contribution in [-0.4, -0.2) is 25.7 Å². The topological polar surface area (TPSA) is 56.8 Å². The number of fused-ring (bicyclic) bond motifs is 5. The number of carbonyl (C=O) groups is 1. The van der Waals surface area contributed by atoms with Crippen LogP contribution in [-0.2, 0) is 9.53 Å². The van der Waals surface area contributed by atoms with Crippen molar-refractivity contribution in [2.24, 2.45) is 0 Å². The van der Waals surface area contributed by atoms with Crippen LogP contribution in [0, 0.1) is 0 Å². The van der Waals surface area contributed by atoms with Crippen molar-refractivity contribution in [1.29, 1.82) is 0 Å². The first kappa shape index (κ1) is 19.1. The average Bonchev–Trinajstić information content (AvgIpc) is 2.69. The van der Waals surface area contributed by atoms with Crippen LogP contribution in [0.25, 0.3) is 16.7 Å². The van der Waals surface area contributed by atoms with Gasteiger partial charge in [0.1, 0.15) is 17.6 Å². The van der Waals surface area contributed by atoms with Gasteiger partial charge >= 0.3 is 5.97 Å². The second kappa shape index (κ2) is 6.99. The maximum absolute atomic E-state index is 11.7. The number of allylic oxidation sites excluding steroid dienone is 1. The minimum Gasteiger partial charge on any atom is -0.496 e. The Morgan fingerprint density at radius 1 is 1.17 bits per heavy atom. The third-order valence-corrected chi connectivity index (χ3v) is 5.30. The molecule has 1 N–H and O–H groups in total. The van der Waals surface area contributed by atoms with E-state index >= 15 is 0 Å². The van der Waals surface area contributed by atoms with E-state index in [4.69, 9.17) is 14.2 Å². The summed E-state index contributed by atoms with van der Waals surface area (Å²) in [5, 5.41) is 3.59. The molecule has 150 valence electrons. The van der Waals surface area contributed by atoms with Crippen molar-refractivity contribution in [2.45, 2.75) is 32.4 Å². The molecule has 0 radical (unpaired) electrons. The normalized spacial score (nSPS) is 18.5. The minimum atomic E-state index is -0.426. The van der Waals surface area contributed by atoms with Gasteiger partial charge in [0.2, 0.25) is 0 Å². The first-order chi connectivity index (χ1) is 13.8. The molecule has 1 unspecified atom stereocenters. The van der Waals surface area contributed by atoms with Crippen molar-refractivity contribution < 1.29 is 19.0 Å². The lowest BCUT2D eigenvalue weighted by Gasteiger charge is -2.36. The predicted molar refractivity (Wildman–Crippen MR) is 114 cm³/mol. The van der Waals surface area contributed by atoms with Gasteiger partial charge in [0.15, 0.2) is 0 Å². The lowest BCUT2D eigenvalue weighted by molar-refractivity contribution is -0.134. The van der Waals surface area contributed by atoms with Gasteiger partial charge in [-0.2, -0.15) is 0 Å². The van der Waals surface area contributed by atoms with Gasteiger partial charge < -0.3 is 19.5 Å². The summed E-state index contributed by atoms with van der Waals surface area (Å²) in [5.41, 5.74) is 6.14. The second-order valence-electron chi connectivity index (χ2n) is 7.88. The monoisotopic (exact) mass is 391 g/mol. The number of benzene rings is 2. The molecule has 0 aromatic heterocycles. The van der Waals surface area contributed by atoms with Crippen LogP contribution in [0.4, 0.5) is 5.69 Å². The lowest BCUT2D eigenvalue weighted by atomic mass is 9.81. The Balaban J connectivity index is 1.98. The van der Waals surface area contributed by atoms with E-state index in [0.29, 0.717) is 0 Å². The molecule has 2 heterocycles. The molecule has 29 heavy (non-hydrogen) atoms. The number of rotatable bonds is 3. The molecule has 0 bridgehead atoms. The highest BCUT2D eigenvalue weighted by Crippen LogP contribution is 2.52. The Hall–Kier alpha value is -3.21. The van der Waals surface area contributed by atoms with Crippen molar-refractivity contribution in [2.75, 3.05) is 19.5 Å². The Kier molecular flexibility index (Phi) is 4.61. The van der Waals surface area contributed by atoms with Crippen LogP contribution >= 0.6 is 0 Å². The van der Waals surface area contributed by atoms with E-state index in [9.17, 15) is 4.79 Å². The molecule has 0 saturated carbocycles. The van der Waals surface area contributed by atoms with Gasteiger partial charge in [0.25, 0.3) is 0 Å². The summed E-state index contributed by atoms with van der Waals surface area (Å²) in [6.45, 7) is 6.39. The van der Waals surface area contributed by atoms with Crippen LogP contribution < -0.4 is 14.8 Å². The Bertz CT molecular complexity index is 1050. The van der Waals surface area contributed by atoms with Crippen molar-refractivity contribution in [1.82, 2.24) is 0 Å². The lowest BCUT2D eigenvalue weighted by Crippen LogP contribution is -2.32. The average molecular weight is 391 g/mol. The molecule has 2 aromatic carbocycles. The number of anilines is 1. The molecule has 0 fully saturated rings. The fourth-order valence-corrected chi connectivity index (χ4v) is 4.27. The van der Waals surface area contributed by atoms with Gasteiger partial charge in [-0.3, -0.25) is 0 Å². The summed E-state index contributed by atoms with van der Waals surface area (Å²) < 4.78 is 16.7. The maximum atomic E-state index is 11.7. The molecule has 0 spiro atoms. The van der Waals surface area contributed by atoms with Gasteiger partial charge in [0, 0.05) is 22.9 Å². The first-order valence-electron chi connectivity index (χ1n) is 9.59. The molecule has 2 aliphatic heterocycles. The zero-order valence-corrected chi connectivity index (χ0v) is 17.3. The molecule has 5 heteroatoms. The zero-order valence-electron chi connectivity index (χ0n) is 17.3. The molecule has 0 aliphatic carbocycles. The molecule has 5 nitrogen and oxygen atoms in total. The van der Waals surface area contributed by atoms with Crippen LogP contribution in [0.1, 0.15) is 38.0 Å². The van der Waals surface area contributed by atoms with Crippen LogP contribution in [0.3, 0.4) is 0 Å². The summed E-state index contributed by atoms with van der Waals surface area (Å²) >= 11 is 0. The summed E-state index contributed by atoms with van der Waals surface area (Å²) in [4.78, 5) is 11.7. The number of esters is 1. The zero-order chi connectivity index (χ0) is 20.8. The van der Waals surface area contributed by atoms with Gasteiger partial charge in [0.05, 0.1) is 25.3 Å². The van der Waals surface area contributed by atoms with E-state index in [1.165, 1.54) is 18.8 Å². The SMILES string of the molecule is COC(=O)C=CC1Oc2cccc(OC)c2-c2ccc3c(c21)C(C)=CC(C)(C)N3. The summed E-state index contributed by atoms with van der Waals surface area (Å²) in [7, 11) is 3.02. The molecule has 2 aliphatic rings. The number of hydrogen-bond donors (Lipinski definition) is 1. The quantitative estimate of drug-likeness (QED) is 0.580. The predicted octanol–water partition coefficient (Wildman–Crippen LogP) is 5.13. The molecular weight excluding hydrogens is 366 g/mol. The first-order valence-corrected chi connectivity index (χ1v) is 9.59. The molecule has 4 rings (SSSR count). The highest BCUT2D eigenvalue weighted by Gasteiger charge is 2.34. The van der Waals surface area contributed by atoms with Gasteiger partial charge in [-0.1, -0.05) is 18.2 Å². The molecule has 0 saturated heterocycles. The van der Waals surface area contributed by atoms with E-state index in [1.54, 1.807) is 13.2 Å². The maximum Gasteiger partial charge on any atom is 0.330 e. The van der Waals surface area contributed by atoms with Crippen LogP contribution in [0.15, 0.2) is 48.6 Å². The van der Waals surface area contributed by atoms with Gasteiger partial charge in [-0.15, -0.1) is 0 Å². The number of carbonyl (C=O) groups excluding carboxylic acids is 1. The van der Waals surface area contributed by atoms with Crippen molar-refractivity contribution >= 4 is 17.2 Å². The summed E-state index contributed by atoms with van der Waals surface area (Å²) in [6.07, 6.45) is 4.96. The summed E-state index contributed by atoms with van der Waals surface area (Å²) in [5.74, 6) is 1.06. The summed E-state index contributed by atoms with van der Waals surface area (Å²) in [6, 6.07) is 9.95. The van der Waals surface area contributed by atoms with Crippen LogP contribution in [0.2, 0.25) is 0 Å². The molecule has 0 amide bonds. The highest BCUT2D eigenvalue weighted by atomic mass is 16.5. The van der Waals surface area contributed by atoms with E-state index in [0.717, 1.165) is 39.4 Å². The fraction of sp³-hybridized carbons (Fsp3) is 0.292. The largest absolute Gasteiger partial charge is 0.496 e. The number of methoxy groups -OCH3 is 2. The van der Waals surface area contributed by atoms with E-state index in [1.807, 2.05) is 18.2 Å². The van der Waals surface area contributed by atoms with E-state index in [2.05, 4.69) is 44.3 Å². The second-order valence-corrected chi connectivity index (χ2v) is 7.88. The Morgan fingerprint density at radius 3 is 2.69 bits per heavy atom. The smallest absolute Gasteiger partial charge is 0.330 e. The molecular formula is C24H25NO4. The Morgan fingerprint density at radius 2 is 1.97 bits per heavy atom. The highest BCUT2D eigenvalue weighted by molar-refractivity contribution is 5.92. The van der Waals surface area contributed by atoms with Crippen LogP contribution in [0.5, 0.6) is 11.5 Å². The number of hydrogen-bond acceptors (Lipinski definition) is 5. The molecule has 2 aromatic rings. The molecule has 1 atom stereocenters. The van der Waals surface area contributed by atoms with Gasteiger partial charge in [-0.25, -0.2) is 4.79 Å². The van der Waals surface area contributed by atoms with Crippen molar-refractivity contribution in [3.63, 3.8) is 0 Å². The Labute approximate surface area is 171 Å². The number of nitrogens with one attached hydrogen (secondary N) is 1. The minimum absolute atomic E-state index is 0.145.